The summed E-state index contributed by atoms with van der Waals surface area (Å²) in [5.41, 5.74) is 2.52. The molecule has 0 saturated carbocycles. The molecule has 0 unspecified atom stereocenters. The quantitative estimate of drug-likeness (QED) is 0.168. The number of hydrogen-bond acceptors (Lipinski definition) is 3. The second-order valence-electron chi connectivity index (χ2n) is 8.93. The molecule has 2 rings (SSSR count). The highest BCUT2D eigenvalue weighted by atomic mass is 16.5. The van der Waals surface area contributed by atoms with Crippen LogP contribution in [0.3, 0.4) is 0 Å². The van der Waals surface area contributed by atoms with Gasteiger partial charge in [-0.15, -0.1) is 0 Å². The van der Waals surface area contributed by atoms with Crippen molar-refractivity contribution in [2.75, 3.05) is 26.4 Å². The Labute approximate surface area is 202 Å². The highest BCUT2D eigenvalue weighted by Gasteiger charge is 1.96. The van der Waals surface area contributed by atoms with Crippen LogP contribution in [0.1, 0.15) is 88.2 Å². The van der Waals surface area contributed by atoms with Gasteiger partial charge in [0.1, 0.15) is 0 Å². The van der Waals surface area contributed by atoms with Crippen LogP contribution in [0.15, 0.2) is 60.7 Å². The van der Waals surface area contributed by atoms with E-state index >= 15 is 0 Å². The van der Waals surface area contributed by atoms with Gasteiger partial charge in [-0.05, 0) is 36.8 Å². The fourth-order valence-corrected chi connectivity index (χ4v) is 3.86. The van der Waals surface area contributed by atoms with E-state index in [1.54, 1.807) is 0 Å². The Morgan fingerprint density at radius 1 is 0.333 bits per heavy atom. The number of ether oxygens (including phenoxy) is 3. The Balaban J connectivity index is 1.20. The predicted molar refractivity (Wildman–Crippen MR) is 138 cm³/mol. The highest BCUT2D eigenvalue weighted by molar-refractivity contribution is 5.14. The van der Waals surface area contributed by atoms with Crippen molar-refractivity contribution < 1.29 is 14.2 Å². The molecule has 33 heavy (non-hydrogen) atoms. The summed E-state index contributed by atoms with van der Waals surface area (Å²) in [5.74, 6) is 0. The summed E-state index contributed by atoms with van der Waals surface area (Å²) in [6, 6.07) is 20.8. The number of unbranched alkanes of at least 4 members (excludes halogenated alkanes) is 10. The van der Waals surface area contributed by atoms with Crippen LogP contribution in [0.25, 0.3) is 0 Å². The van der Waals surface area contributed by atoms with Gasteiger partial charge in [-0.25, -0.2) is 0 Å². The Morgan fingerprint density at radius 3 is 1.00 bits per heavy atom. The van der Waals surface area contributed by atoms with E-state index in [0.29, 0.717) is 0 Å². The van der Waals surface area contributed by atoms with Gasteiger partial charge in [0.25, 0.3) is 0 Å². The molecule has 0 atom stereocenters. The van der Waals surface area contributed by atoms with Gasteiger partial charge >= 0.3 is 0 Å². The minimum atomic E-state index is 0.738. The predicted octanol–water partition coefficient (Wildman–Crippen LogP) is 8.12. The van der Waals surface area contributed by atoms with Crippen LogP contribution in [-0.2, 0) is 27.4 Å². The lowest BCUT2D eigenvalue weighted by molar-refractivity contribution is 0.115. The SMILES string of the molecule is c1ccc(COCCCCCCCCOCCCCCCCCOCc2ccccc2)cc1. The molecule has 0 N–H and O–H groups in total. The van der Waals surface area contributed by atoms with Crippen molar-refractivity contribution in [3.05, 3.63) is 71.8 Å². The average Bonchev–Trinajstić information content (AvgIpc) is 2.86. The van der Waals surface area contributed by atoms with Crippen LogP contribution in [0, 0.1) is 0 Å². The lowest BCUT2D eigenvalue weighted by Gasteiger charge is -2.06. The van der Waals surface area contributed by atoms with Crippen molar-refractivity contribution in [1.82, 2.24) is 0 Å². The molecule has 3 heteroatoms. The standard InChI is InChI=1S/C30H46O3/c1(3-7-17-25-32-27-29-19-11-9-12-20-29)5-15-23-31-24-16-6-2-4-8-18-26-33-28-30-21-13-10-14-22-30/h9-14,19-22H,1-8,15-18,23-28H2. The number of benzene rings is 2. The summed E-state index contributed by atoms with van der Waals surface area (Å²) in [7, 11) is 0. The summed E-state index contributed by atoms with van der Waals surface area (Å²) in [6.45, 7) is 5.09. The van der Waals surface area contributed by atoms with Crippen molar-refractivity contribution >= 4 is 0 Å². The van der Waals surface area contributed by atoms with E-state index in [9.17, 15) is 0 Å². The molecule has 0 heterocycles. The van der Waals surface area contributed by atoms with Crippen molar-refractivity contribution in [3.63, 3.8) is 0 Å². The Morgan fingerprint density at radius 2 is 0.636 bits per heavy atom. The minimum absolute atomic E-state index is 0.738. The highest BCUT2D eigenvalue weighted by Crippen LogP contribution is 2.09. The smallest absolute Gasteiger partial charge is 0.0716 e. The molecule has 3 nitrogen and oxygen atoms in total. The van der Waals surface area contributed by atoms with Gasteiger partial charge < -0.3 is 14.2 Å². The maximum atomic E-state index is 5.80. The molecule has 0 aliphatic heterocycles. The molecule has 0 fully saturated rings. The molecule has 0 amide bonds. The fraction of sp³-hybridized carbons (Fsp3) is 0.600. The molecular weight excluding hydrogens is 408 g/mol. The van der Waals surface area contributed by atoms with E-state index < -0.39 is 0 Å². The van der Waals surface area contributed by atoms with E-state index in [0.717, 1.165) is 39.6 Å². The molecule has 0 aliphatic rings. The molecule has 0 radical (unpaired) electrons. The van der Waals surface area contributed by atoms with Gasteiger partial charge in [-0.3, -0.25) is 0 Å². The van der Waals surface area contributed by atoms with E-state index in [-0.39, 0.29) is 0 Å². The third kappa shape index (κ3) is 16.6. The maximum Gasteiger partial charge on any atom is 0.0716 e. The Bertz CT molecular complexity index is 587. The molecule has 0 saturated heterocycles. The monoisotopic (exact) mass is 454 g/mol. The lowest BCUT2D eigenvalue weighted by Crippen LogP contribution is -1.98. The number of hydrogen-bond donors (Lipinski definition) is 0. The maximum absolute atomic E-state index is 5.80. The summed E-state index contributed by atoms with van der Waals surface area (Å²) in [4.78, 5) is 0. The topological polar surface area (TPSA) is 27.7 Å². The van der Waals surface area contributed by atoms with Gasteiger partial charge in [0.2, 0.25) is 0 Å². The molecule has 184 valence electrons. The van der Waals surface area contributed by atoms with Gasteiger partial charge in [0, 0.05) is 26.4 Å². The first-order chi connectivity index (χ1) is 16.4. The normalized spacial score (nSPS) is 11.2. The van der Waals surface area contributed by atoms with E-state index in [4.69, 9.17) is 14.2 Å². The lowest BCUT2D eigenvalue weighted by atomic mass is 10.1. The largest absolute Gasteiger partial charge is 0.381 e. The Hall–Kier alpha value is -1.68. The van der Waals surface area contributed by atoms with Crippen LogP contribution in [0.5, 0.6) is 0 Å². The third-order valence-electron chi connectivity index (χ3n) is 5.88. The van der Waals surface area contributed by atoms with E-state index in [1.165, 1.54) is 88.2 Å². The molecule has 2 aromatic carbocycles. The van der Waals surface area contributed by atoms with E-state index in [2.05, 4.69) is 48.5 Å². The summed E-state index contributed by atoms with van der Waals surface area (Å²) >= 11 is 0. The van der Waals surface area contributed by atoms with E-state index in [1.807, 2.05) is 12.1 Å². The molecule has 2 aromatic rings. The Kier molecular flexibility index (Phi) is 17.5. The minimum Gasteiger partial charge on any atom is -0.381 e. The van der Waals surface area contributed by atoms with Crippen LogP contribution in [0.2, 0.25) is 0 Å². The van der Waals surface area contributed by atoms with Crippen molar-refractivity contribution in [2.24, 2.45) is 0 Å². The molecule has 0 aliphatic carbocycles. The molecular formula is C30H46O3. The zero-order chi connectivity index (χ0) is 23.1. The third-order valence-corrected chi connectivity index (χ3v) is 5.88. The summed E-state index contributed by atoms with van der Waals surface area (Å²) < 4.78 is 17.3. The summed E-state index contributed by atoms with van der Waals surface area (Å²) in [6.07, 6.45) is 15.1. The summed E-state index contributed by atoms with van der Waals surface area (Å²) in [5, 5.41) is 0. The van der Waals surface area contributed by atoms with Gasteiger partial charge in [-0.1, -0.05) is 112 Å². The first-order valence-corrected chi connectivity index (χ1v) is 13.3. The van der Waals surface area contributed by atoms with Crippen molar-refractivity contribution in [1.29, 1.82) is 0 Å². The average molecular weight is 455 g/mol. The van der Waals surface area contributed by atoms with Gasteiger partial charge in [0.15, 0.2) is 0 Å². The van der Waals surface area contributed by atoms with Gasteiger partial charge in [0.05, 0.1) is 13.2 Å². The zero-order valence-electron chi connectivity index (χ0n) is 20.7. The van der Waals surface area contributed by atoms with Crippen molar-refractivity contribution in [2.45, 2.75) is 90.3 Å². The fourth-order valence-electron chi connectivity index (χ4n) is 3.86. The van der Waals surface area contributed by atoms with Crippen LogP contribution in [-0.4, -0.2) is 26.4 Å². The first kappa shape index (κ1) is 27.6. The second-order valence-corrected chi connectivity index (χ2v) is 8.93. The first-order valence-electron chi connectivity index (χ1n) is 13.3. The molecule has 0 bridgehead atoms. The van der Waals surface area contributed by atoms with Gasteiger partial charge in [-0.2, -0.15) is 0 Å². The zero-order valence-corrected chi connectivity index (χ0v) is 20.7. The molecule has 0 aromatic heterocycles. The van der Waals surface area contributed by atoms with Crippen LogP contribution in [0.4, 0.5) is 0 Å². The van der Waals surface area contributed by atoms with Crippen molar-refractivity contribution in [3.8, 4) is 0 Å². The van der Waals surface area contributed by atoms with Crippen LogP contribution < -0.4 is 0 Å². The number of rotatable bonds is 22. The van der Waals surface area contributed by atoms with Crippen LogP contribution >= 0.6 is 0 Å². The second kappa shape index (κ2) is 20.9. The molecule has 0 spiro atoms.